The molecule has 0 unspecified atom stereocenters. The van der Waals surface area contributed by atoms with Crippen molar-refractivity contribution < 1.29 is 9.47 Å². The highest BCUT2D eigenvalue weighted by atomic mass is 16.5. The second-order valence-corrected chi connectivity index (χ2v) is 5.97. The average Bonchev–Trinajstić information content (AvgIpc) is 2.60. The van der Waals surface area contributed by atoms with Crippen molar-refractivity contribution in [2.45, 2.75) is 53.5 Å². The summed E-state index contributed by atoms with van der Waals surface area (Å²) in [6.07, 6.45) is 3.39. The Labute approximate surface area is 148 Å². The Hall–Kier alpha value is -1.26. The van der Waals surface area contributed by atoms with E-state index in [9.17, 15) is 0 Å². The molecule has 0 radical (unpaired) electrons. The van der Waals surface area contributed by atoms with Crippen molar-refractivity contribution in [3.8, 4) is 11.5 Å². The lowest BCUT2D eigenvalue weighted by Crippen LogP contribution is -2.27. The van der Waals surface area contributed by atoms with E-state index < -0.39 is 0 Å². The summed E-state index contributed by atoms with van der Waals surface area (Å²) in [7, 11) is 0. The van der Waals surface area contributed by atoms with Crippen molar-refractivity contribution in [1.29, 1.82) is 0 Å². The summed E-state index contributed by atoms with van der Waals surface area (Å²) >= 11 is 0. The van der Waals surface area contributed by atoms with Crippen LogP contribution in [0.2, 0.25) is 0 Å². The van der Waals surface area contributed by atoms with Crippen LogP contribution in [-0.4, -0.2) is 44.3 Å². The molecule has 1 N–H and O–H groups in total. The van der Waals surface area contributed by atoms with E-state index >= 15 is 0 Å². The molecule has 4 nitrogen and oxygen atoms in total. The van der Waals surface area contributed by atoms with Crippen molar-refractivity contribution in [3.05, 3.63) is 23.8 Å². The van der Waals surface area contributed by atoms with Gasteiger partial charge in [0.15, 0.2) is 11.5 Å². The summed E-state index contributed by atoms with van der Waals surface area (Å²) in [5.74, 6) is 1.71. The van der Waals surface area contributed by atoms with E-state index in [1.54, 1.807) is 0 Å². The number of hydrogen-bond acceptors (Lipinski definition) is 4. The average molecular weight is 337 g/mol. The van der Waals surface area contributed by atoms with Crippen molar-refractivity contribution in [2.24, 2.45) is 0 Å². The van der Waals surface area contributed by atoms with Crippen LogP contribution in [0.1, 0.15) is 52.5 Å². The fraction of sp³-hybridized carbons (Fsp3) is 0.700. The van der Waals surface area contributed by atoms with E-state index in [1.165, 1.54) is 12.0 Å². The predicted molar refractivity (Wildman–Crippen MR) is 102 cm³/mol. The van der Waals surface area contributed by atoms with E-state index in [4.69, 9.17) is 9.47 Å². The number of unbranched alkanes of at least 4 members (excludes halogenated alkanes) is 1. The van der Waals surface area contributed by atoms with Gasteiger partial charge in [0.2, 0.25) is 0 Å². The maximum absolute atomic E-state index is 5.83. The molecule has 0 saturated heterocycles. The standard InChI is InChI=1S/C20H36N2O2/c1-5-9-15-24-19-12-11-18(16-20(19)23-8-4)17-21-13-10-14-22(6-2)7-3/h11-12,16,21H,5-10,13-15,17H2,1-4H3. The highest BCUT2D eigenvalue weighted by Crippen LogP contribution is 2.28. The maximum atomic E-state index is 5.83. The van der Waals surface area contributed by atoms with Crippen molar-refractivity contribution in [2.75, 3.05) is 39.4 Å². The lowest BCUT2D eigenvalue weighted by Gasteiger charge is -2.18. The van der Waals surface area contributed by atoms with Crippen LogP contribution < -0.4 is 14.8 Å². The summed E-state index contributed by atoms with van der Waals surface area (Å²) in [5, 5.41) is 3.52. The molecule has 0 fully saturated rings. The Morgan fingerprint density at radius 1 is 0.958 bits per heavy atom. The minimum Gasteiger partial charge on any atom is -0.490 e. The van der Waals surface area contributed by atoms with E-state index in [0.29, 0.717) is 6.61 Å². The lowest BCUT2D eigenvalue weighted by atomic mass is 10.2. The Morgan fingerprint density at radius 3 is 2.42 bits per heavy atom. The third-order valence-corrected chi connectivity index (χ3v) is 4.11. The van der Waals surface area contributed by atoms with Gasteiger partial charge in [0.1, 0.15) is 0 Å². The summed E-state index contributed by atoms with van der Waals surface area (Å²) in [4.78, 5) is 2.46. The zero-order valence-electron chi connectivity index (χ0n) is 16.1. The van der Waals surface area contributed by atoms with E-state index in [1.807, 2.05) is 13.0 Å². The predicted octanol–water partition coefficient (Wildman–Crippen LogP) is 4.09. The molecule has 1 rings (SSSR count). The number of benzene rings is 1. The quantitative estimate of drug-likeness (QED) is 0.519. The maximum Gasteiger partial charge on any atom is 0.161 e. The van der Waals surface area contributed by atoms with Crippen LogP contribution >= 0.6 is 0 Å². The molecule has 0 aliphatic heterocycles. The second-order valence-electron chi connectivity index (χ2n) is 5.97. The van der Waals surface area contributed by atoms with Crippen LogP contribution in [0.4, 0.5) is 0 Å². The summed E-state index contributed by atoms with van der Waals surface area (Å²) in [6, 6.07) is 6.26. The molecule has 0 aliphatic rings. The van der Waals surface area contributed by atoms with Gasteiger partial charge in [-0.15, -0.1) is 0 Å². The van der Waals surface area contributed by atoms with Gasteiger partial charge in [0, 0.05) is 6.54 Å². The molecule has 138 valence electrons. The molecule has 4 heteroatoms. The minimum absolute atomic E-state index is 0.658. The SMILES string of the molecule is CCCCOc1ccc(CNCCCN(CC)CC)cc1OCC. The monoisotopic (exact) mass is 336 g/mol. The second kappa shape index (κ2) is 13.1. The van der Waals surface area contributed by atoms with Crippen molar-refractivity contribution in [3.63, 3.8) is 0 Å². The first-order valence-corrected chi connectivity index (χ1v) is 9.56. The fourth-order valence-electron chi connectivity index (χ4n) is 2.58. The minimum atomic E-state index is 0.658. The lowest BCUT2D eigenvalue weighted by molar-refractivity contribution is 0.272. The van der Waals surface area contributed by atoms with Crippen molar-refractivity contribution in [1.82, 2.24) is 10.2 Å². The molecule has 1 aromatic rings. The van der Waals surface area contributed by atoms with Gasteiger partial charge in [-0.05, 0) is 63.6 Å². The highest BCUT2D eigenvalue weighted by Gasteiger charge is 2.06. The summed E-state index contributed by atoms with van der Waals surface area (Å²) in [6.45, 7) is 15.4. The molecule has 0 amide bonds. The molecule has 1 aromatic carbocycles. The van der Waals surface area contributed by atoms with Gasteiger partial charge >= 0.3 is 0 Å². The number of nitrogens with zero attached hydrogens (tertiary/aromatic N) is 1. The third-order valence-electron chi connectivity index (χ3n) is 4.11. The Morgan fingerprint density at radius 2 is 1.75 bits per heavy atom. The van der Waals surface area contributed by atoms with Gasteiger partial charge in [0.25, 0.3) is 0 Å². The largest absolute Gasteiger partial charge is 0.490 e. The molecule has 0 saturated carbocycles. The van der Waals surface area contributed by atoms with Gasteiger partial charge in [-0.2, -0.15) is 0 Å². The van der Waals surface area contributed by atoms with Crippen molar-refractivity contribution >= 4 is 0 Å². The fourth-order valence-corrected chi connectivity index (χ4v) is 2.58. The normalized spacial score (nSPS) is 11.0. The van der Waals surface area contributed by atoms with Crippen LogP contribution in [0.25, 0.3) is 0 Å². The molecule has 0 atom stereocenters. The zero-order valence-corrected chi connectivity index (χ0v) is 16.1. The molecule has 0 spiro atoms. The number of rotatable bonds is 14. The molecule has 0 heterocycles. The zero-order chi connectivity index (χ0) is 17.6. The molecule has 24 heavy (non-hydrogen) atoms. The molecule has 0 aromatic heterocycles. The first-order valence-electron chi connectivity index (χ1n) is 9.56. The van der Waals surface area contributed by atoms with Crippen LogP contribution in [0.5, 0.6) is 11.5 Å². The van der Waals surface area contributed by atoms with Gasteiger partial charge in [-0.3, -0.25) is 0 Å². The van der Waals surface area contributed by atoms with Gasteiger partial charge in [0.05, 0.1) is 13.2 Å². The van der Waals surface area contributed by atoms with Gasteiger partial charge in [-0.1, -0.05) is 33.3 Å². The van der Waals surface area contributed by atoms with Crippen LogP contribution in [0.3, 0.4) is 0 Å². The van der Waals surface area contributed by atoms with Gasteiger partial charge in [-0.25, -0.2) is 0 Å². The molecule has 0 aliphatic carbocycles. The van der Waals surface area contributed by atoms with Crippen LogP contribution in [0, 0.1) is 0 Å². The van der Waals surface area contributed by atoms with Crippen LogP contribution in [-0.2, 0) is 6.54 Å². The number of ether oxygens (including phenoxy) is 2. The number of hydrogen-bond donors (Lipinski definition) is 1. The molecule has 0 bridgehead atoms. The number of nitrogens with one attached hydrogen (secondary N) is 1. The van der Waals surface area contributed by atoms with E-state index in [0.717, 1.165) is 63.7 Å². The smallest absolute Gasteiger partial charge is 0.161 e. The highest BCUT2D eigenvalue weighted by molar-refractivity contribution is 5.43. The molecular formula is C20H36N2O2. The topological polar surface area (TPSA) is 33.7 Å². The van der Waals surface area contributed by atoms with E-state index in [-0.39, 0.29) is 0 Å². The first kappa shape index (κ1) is 20.8. The Bertz CT molecular complexity index is 434. The third kappa shape index (κ3) is 8.02. The first-order chi connectivity index (χ1) is 11.7. The Balaban J connectivity index is 2.43. The van der Waals surface area contributed by atoms with E-state index in [2.05, 4.69) is 43.1 Å². The van der Waals surface area contributed by atoms with Crippen LogP contribution in [0.15, 0.2) is 18.2 Å². The van der Waals surface area contributed by atoms with Gasteiger partial charge < -0.3 is 19.7 Å². The summed E-state index contributed by atoms with van der Waals surface area (Å²) < 4.78 is 11.6. The molecular weight excluding hydrogens is 300 g/mol. The summed E-state index contributed by atoms with van der Waals surface area (Å²) in [5.41, 5.74) is 1.24. The Kier molecular flexibility index (Phi) is 11.3.